The summed E-state index contributed by atoms with van der Waals surface area (Å²) < 4.78 is 28.5. The van der Waals surface area contributed by atoms with Crippen LogP contribution < -0.4 is 15.5 Å². The van der Waals surface area contributed by atoms with Gasteiger partial charge in [-0.3, -0.25) is 4.79 Å². The standard InChI is InChI=1S/C21H24F2N6OS/c1-12(30)25-16-7-15-14(9-24-16)21(4-5-21)11-29(15)18-8-17(26-13-3-6-31-10-13)27-19(28-18)20(2,22)23/h7-9,13H,3-6,10-11H2,1-2H3,(H,24,25,30)(H,26,27,28). The van der Waals surface area contributed by atoms with Crippen LogP contribution in [0.2, 0.25) is 0 Å². The number of pyridine rings is 1. The maximum atomic E-state index is 14.2. The number of nitrogens with zero attached hydrogens (tertiary/aromatic N) is 4. The predicted molar refractivity (Wildman–Crippen MR) is 117 cm³/mol. The number of carbonyl (C=O) groups excluding carboxylic acids is 1. The number of thioether (sulfide) groups is 1. The van der Waals surface area contributed by atoms with Crippen molar-refractivity contribution in [2.75, 3.05) is 33.6 Å². The molecule has 2 aromatic rings. The minimum Gasteiger partial charge on any atom is -0.366 e. The van der Waals surface area contributed by atoms with E-state index in [1.165, 1.54) is 6.92 Å². The van der Waals surface area contributed by atoms with E-state index in [0.29, 0.717) is 24.0 Å². The number of fused-ring (bicyclic) bond motifs is 2. The number of hydrogen-bond donors (Lipinski definition) is 2. The monoisotopic (exact) mass is 446 g/mol. The molecule has 7 nitrogen and oxygen atoms in total. The van der Waals surface area contributed by atoms with Crippen LogP contribution in [-0.4, -0.2) is 45.0 Å². The lowest BCUT2D eigenvalue weighted by Crippen LogP contribution is -2.25. The van der Waals surface area contributed by atoms with Gasteiger partial charge in [-0.25, -0.2) is 15.0 Å². The Morgan fingerprint density at radius 1 is 1.29 bits per heavy atom. The number of anilines is 4. The van der Waals surface area contributed by atoms with Gasteiger partial charge < -0.3 is 15.5 Å². The molecule has 3 aliphatic rings. The average molecular weight is 447 g/mol. The molecule has 2 N–H and O–H groups in total. The van der Waals surface area contributed by atoms with Gasteiger partial charge in [-0.15, -0.1) is 0 Å². The zero-order valence-electron chi connectivity index (χ0n) is 17.4. The molecule has 1 aliphatic carbocycles. The van der Waals surface area contributed by atoms with E-state index >= 15 is 0 Å². The van der Waals surface area contributed by atoms with Crippen molar-refractivity contribution in [3.63, 3.8) is 0 Å². The molecule has 1 saturated heterocycles. The molecule has 0 bridgehead atoms. The van der Waals surface area contributed by atoms with Crippen molar-refractivity contribution in [1.29, 1.82) is 0 Å². The van der Waals surface area contributed by atoms with E-state index in [-0.39, 0.29) is 17.4 Å². The summed E-state index contributed by atoms with van der Waals surface area (Å²) in [5, 5.41) is 6.02. The SMILES string of the molecule is CC(=O)Nc1cc2c(cn1)C1(CC1)CN2c1cc(NC2CCSC2)nc(C(C)(F)F)n1. The fourth-order valence-corrected chi connectivity index (χ4v) is 5.43. The van der Waals surface area contributed by atoms with Crippen LogP contribution in [0.4, 0.5) is 31.9 Å². The molecule has 164 valence electrons. The molecule has 10 heteroatoms. The Morgan fingerprint density at radius 2 is 2.10 bits per heavy atom. The van der Waals surface area contributed by atoms with E-state index in [1.54, 1.807) is 18.3 Å². The highest BCUT2D eigenvalue weighted by molar-refractivity contribution is 7.99. The summed E-state index contributed by atoms with van der Waals surface area (Å²) in [6.07, 6.45) is 4.80. The van der Waals surface area contributed by atoms with Gasteiger partial charge in [0.2, 0.25) is 11.7 Å². The van der Waals surface area contributed by atoms with E-state index in [2.05, 4.69) is 25.6 Å². The summed E-state index contributed by atoms with van der Waals surface area (Å²) in [5.41, 5.74) is 1.90. The van der Waals surface area contributed by atoms with Gasteiger partial charge in [0.15, 0.2) is 0 Å². The summed E-state index contributed by atoms with van der Waals surface area (Å²) in [6, 6.07) is 3.76. The third kappa shape index (κ3) is 3.93. The molecule has 1 spiro atoms. The largest absolute Gasteiger partial charge is 0.366 e. The van der Waals surface area contributed by atoms with E-state index in [9.17, 15) is 13.6 Å². The second-order valence-electron chi connectivity index (χ2n) is 8.66. The summed E-state index contributed by atoms with van der Waals surface area (Å²) in [5.74, 6) is -0.595. The molecule has 2 fully saturated rings. The topological polar surface area (TPSA) is 83.0 Å². The Morgan fingerprint density at radius 3 is 2.74 bits per heavy atom. The Kier molecular flexibility index (Phi) is 4.80. The van der Waals surface area contributed by atoms with Crippen LogP contribution in [0.1, 0.15) is 44.5 Å². The zero-order valence-corrected chi connectivity index (χ0v) is 18.2. The lowest BCUT2D eigenvalue weighted by molar-refractivity contribution is -0.114. The number of rotatable bonds is 5. The van der Waals surface area contributed by atoms with E-state index in [0.717, 1.165) is 48.9 Å². The highest BCUT2D eigenvalue weighted by atomic mass is 32.2. The molecule has 1 saturated carbocycles. The van der Waals surface area contributed by atoms with Gasteiger partial charge >= 0.3 is 5.92 Å². The van der Waals surface area contributed by atoms with Crippen molar-refractivity contribution in [3.8, 4) is 0 Å². The van der Waals surface area contributed by atoms with Crippen LogP contribution in [0, 0.1) is 0 Å². The van der Waals surface area contributed by atoms with Gasteiger partial charge in [-0.1, -0.05) is 0 Å². The second-order valence-corrected chi connectivity index (χ2v) is 9.81. The van der Waals surface area contributed by atoms with Gasteiger partial charge in [0.1, 0.15) is 17.5 Å². The molecule has 1 atom stereocenters. The number of aromatic nitrogens is 3. The average Bonchev–Trinajstić information content (AvgIpc) is 3.15. The molecule has 0 aromatic carbocycles. The summed E-state index contributed by atoms with van der Waals surface area (Å²) in [6.45, 7) is 2.90. The number of carbonyl (C=O) groups is 1. The first-order chi connectivity index (χ1) is 14.7. The Labute approximate surface area is 183 Å². The fourth-order valence-electron chi connectivity index (χ4n) is 4.28. The maximum Gasteiger partial charge on any atom is 0.303 e. The van der Waals surface area contributed by atoms with Crippen molar-refractivity contribution in [2.24, 2.45) is 0 Å². The van der Waals surface area contributed by atoms with Crippen molar-refractivity contribution >= 4 is 40.8 Å². The first-order valence-electron chi connectivity index (χ1n) is 10.4. The zero-order chi connectivity index (χ0) is 21.8. The van der Waals surface area contributed by atoms with Crippen molar-refractivity contribution in [2.45, 2.75) is 50.5 Å². The molecule has 1 unspecified atom stereocenters. The minimum absolute atomic E-state index is 0.0212. The number of hydrogen-bond acceptors (Lipinski definition) is 7. The first kappa shape index (κ1) is 20.4. The van der Waals surface area contributed by atoms with Crippen molar-refractivity contribution < 1.29 is 13.6 Å². The molecular formula is C21H24F2N6OS. The Balaban J connectivity index is 1.56. The number of amides is 1. The normalized spacial score (nSPS) is 21.3. The Bertz CT molecular complexity index is 1030. The van der Waals surface area contributed by atoms with E-state index in [4.69, 9.17) is 0 Å². The molecule has 5 rings (SSSR count). The van der Waals surface area contributed by atoms with Crippen LogP contribution >= 0.6 is 11.8 Å². The molecule has 2 aromatic heterocycles. The maximum absolute atomic E-state index is 14.2. The highest BCUT2D eigenvalue weighted by Crippen LogP contribution is 2.58. The van der Waals surface area contributed by atoms with Crippen molar-refractivity contribution in [1.82, 2.24) is 15.0 Å². The third-order valence-corrected chi connectivity index (χ3v) is 7.19. The summed E-state index contributed by atoms with van der Waals surface area (Å²) in [4.78, 5) is 26.2. The van der Waals surface area contributed by atoms with Gasteiger partial charge in [0.25, 0.3) is 0 Å². The van der Waals surface area contributed by atoms with Gasteiger partial charge in [-0.2, -0.15) is 20.5 Å². The summed E-state index contributed by atoms with van der Waals surface area (Å²) >= 11 is 1.84. The van der Waals surface area contributed by atoms with Crippen LogP contribution in [0.3, 0.4) is 0 Å². The lowest BCUT2D eigenvalue weighted by atomic mass is 10.0. The van der Waals surface area contributed by atoms with Crippen LogP contribution in [0.15, 0.2) is 18.3 Å². The van der Waals surface area contributed by atoms with Gasteiger partial charge in [-0.05, 0) is 25.0 Å². The Hall–Kier alpha value is -2.49. The first-order valence-corrected chi connectivity index (χ1v) is 11.6. The van der Waals surface area contributed by atoms with E-state index < -0.39 is 11.7 Å². The minimum atomic E-state index is -3.16. The molecular weight excluding hydrogens is 422 g/mol. The number of halogens is 2. The molecule has 2 aliphatic heterocycles. The second kappa shape index (κ2) is 7.29. The molecule has 4 heterocycles. The lowest BCUT2D eigenvalue weighted by Gasteiger charge is -2.23. The highest BCUT2D eigenvalue weighted by Gasteiger charge is 2.53. The number of nitrogens with one attached hydrogen (secondary N) is 2. The fraction of sp³-hybridized carbons (Fsp3) is 0.524. The van der Waals surface area contributed by atoms with E-state index in [1.807, 2.05) is 16.7 Å². The number of alkyl halides is 2. The quantitative estimate of drug-likeness (QED) is 0.717. The summed E-state index contributed by atoms with van der Waals surface area (Å²) in [7, 11) is 0. The van der Waals surface area contributed by atoms with Gasteiger partial charge in [0, 0.05) is 61.5 Å². The van der Waals surface area contributed by atoms with Crippen LogP contribution in [0.5, 0.6) is 0 Å². The molecule has 1 amide bonds. The van der Waals surface area contributed by atoms with Crippen LogP contribution in [0.25, 0.3) is 0 Å². The van der Waals surface area contributed by atoms with Crippen LogP contribution in [-0.2, 0) is 16.1 Å². The molecule has 31 heavy (non-hydrogen) atoms. The molecule has 0 radical (unpaired) electrons. The van der Waals surface area contributed by atoms with Crippen molar-refractivity contribution in [3.05, 3.63) is 29.7 Å². The third-order valence-electron chi connectivity index (χ3n) is 6.03. The van der Waals surface area contributed by atoms with Gasteiger partial charge in [0.05, 0.1) is 5.69 Å². The predicted octanol–water partition coefficient (Wildman–Crippen LogP) is 4.04. The smallest absolute Gasteiger partial charge is 0.303 e.